The van der Waals surface area contributed by atoms with Crippen LogP contribution in [0.3, 0.4) is 0 Å². The van der Waals surface area contributed by atoms with E-state index in [1.165, 1.54) is 27.9 Å². The zero-order chi connectivity index (χ0) is 21.7. The van der Waals surface area contributed by atoms with Crippen LogP contribution < -0.4 is 19.9 Å². The first-order valence-electron chi connectivity index (χ1n) is 10.6. The highest BCUT2D eigenvalue weighted by atomic mass is 16.5. The fraction of sp³-hybridized carbons (Fsp3) is 0.417. The number of Topliss-reactive ketones (excluding diaryl/α,β-unsaturated/α-hetero) is 1. The van der Waals surface area contributed by atoms with Crippen LogP contribution in [0.15, 0.2) is 42.5 Å². The van der Waals surface area contributed by atoms with Crippen LogP contribution in [0, 0.1) is 6.92 Å². The number of ketones is 1. The number of hydrogen-bond acceptors (Lipinski definition) is 3. The lowest BCUT2D eigenvalue weighted by Gasteiger charge is -2.32. The zero-order valence-electron chi connectivity index (χ0n) is 18.4. The van der Waals surface area contributed by atoms with Crippen molar-refractivity contribution in [3.05, 3.63) is 59.2 Å². The predicted molar refractivity (Wildman–Crippen MR) is 117 cm³/mol. The summed E-state index contributed by atoms with van der Waals surface area (Å²) in [7, 11) is 1.72. The number of aryl methyl sites for hydroxylation is 1. The standard InChI is InChI=1S/C24H31N3O3/c1-17-8-9-23(30-4)21(14-17)16-26-10-12-27(13-11-26)18(2)24(29)25-22-7-5-6-20(15-22)19(3)28/h5-9,14-15,18H,10-13,16H2,1-4H3,(H,25,29)/p+2/t18-/m1/s1. The van der Waals surface area contributed by atoms with Gasteiger partial charge in [0.2, 0.25) is 0 Å². The van der Waals surface area contributed by atoms with Gasteiger partial charge in [-0.1, -0.05) is 23.8 Å². The van der Waals surface area contributed by atoms with Gasteiger partial charge < -0.3 is 19.9 Å². The van der Waals surface area contributed by atoms with Crippen LogP contribution in [-0.2, 0) is 11.3 Å². The molecule has 1 amide bonds. The molecule has 0 aromatic heterocycles. The fourth-order valence-electron chi connectivity index (χ4n) is 4.10. The molecular formula is C24H33N3O3+2. The first-order chi connectivity index (χ1) is 14.4. The Morgan fingerprint density at radius 2 is 1.83 bits per heavy atom. The predicted octanol–water partition coefficient (Wildman–Crippen LogP) is 0.517. The Labute approximate surface area is 178 Å². The van der Waals surface area contributed by atoms with Gasteiger partial charge in [-0.15, -0.1) is 0 Å². The van der Waals surface area contributed by atoms with Gasteiger partial charge >= 0.3 is 0 Å². The molecule has 0 aliphatic carbocycles. The lowest BCUT2D eigenvalue weighted by atomic mass is 10.1. The van der Waals surface area contributed by atoms with Crippen molar-refractivity contribution in [2.75, 3.05) is 38.6 Å². The van der Waals surface area contributed by atoms with E-state index < -0.39 is 0 Å². The van der Waals surface area contributed by atoms with Crippen LogP contribution in [0.25, 0.3) is 0 Å². The van der Waals surface area contributed by atoms with Gasteiger partial charge in [-0.05, 0) is 45.0 Å². The number of nitrogens with one attached hydrogen (secondary N) is 3. The summed E-state index contributed by atoms with van der Waals surface area (Å²) < 4.78 is 5.52. The van der Waals surface area contributed by atoms with Gasteiger partial charge in [0, 0.05) is 16.8 Å². The highest BCUT2D eigenvalue weighted by Crippen LogP contribution is 2.18. The van der Waals surface area contributed by atoms with Crippen LogP contribution in [0.5, 0.6) is 5.75 Å². The number of ether oxygens (including phenoxy) is 1. The van der Waals surface area contributed by atoms with E-state index in [1.54, 1.807) is 25.3 Å². The van der Waals surface area contributed by atoms with Gasteiger partial charge in [0.1, 0.15) is 38.5 Å². The van der Waals surface area contributed by atoms with Crippen molar-refractivity contribution in [1.29, 1.82) is 0 Å². The first-order valence-corrected chi connectivity index (χ1v) is 10.6. The number of piperazine rings is 1. The Morgan fingerprint density at radius 1 is 1.10 bits per heavy atom. The maximum absolute atomic E-state index is 12.7. The lowest BCUT2D eigenvalue weighted by molar-refractivity contribution is -1.02. The molecule has 3 N–H and O–H groups in total. The molecule has 6 nitrogen and oxygen atoms in total. The molecule has 3 rings (SSSR count). The van der Waals surface area contributed by atoms with Gasteiger partial charge in [-0.25, -0.2) is 0 Å². The quantitative estimate of drug-likeness (QED) is 0.582. The molecule has 2 aromatic rings. The maximum Gasteiger partial charge on any atom is 0.282 e. The Bertz CT molecular complexity index is 904. The summed E-state index contributed by atoms with van der Waals surface area (Å²) in [6.45, 7) is 10.5. The van der Waals surface area contributed by atoms with Crippen LogP contribution >= 0.6 is 0 Å². The molecule has 1 heterocycles. The number of amides is 1. The van der Waals surface area contributed by atoms with Crippen molar-refractivity contribution in [2.45, 2.75) is 33.4 Å². The van der Waals surface area contributed by atoms with Gasteiger partial charge in [0.05, 0.1) is 7.11 Å². The summed E-state index contributed by atoms with van der Waals surface area (Å²) in [5, 5.41) is 2.97. The lowest BCUT2D eigenvalue weighted by Crippen LogP contribution is -3.29. The summed E-state index contributed by atoms with van der Waals surface area (Å²) >= 11 is 0. The number of methoxy groups -OCH3 is 1. The van der Waals surface area contributed by atoms with Gasteiger partial charge in [0.25, 0.3) is 5.91 Å². The molecular weight excluding hydrogens is 378 g/mol. The number of rotatable bonds is 7. The SMILES string of the molecule is COc1ccc(C)cc1C[NH+]1CC[NH+]([C@H](C)C(=O)Nc2cccc(C(C)=O)c2)CC1. The van der Waals surface area contributed by atoms with Gasteiger partial charge in [-0.2, -0.15) is 0 Å². The van der Waals surface area contributed by atoms with Gasteiger partial charge in [-0.3, -0.25) is 9.59 Å². The topological polar surface area (TPSA) is 64.3 Å². The number of benzene rings is 2. The number of anilines is 1. The molecule has 6 heteroatoms. The molecule has 1 fully saturated rings. The van der Waals surface area contributed by atoms with Crippen molar-refractivity contribution in [2.24, 2.45) is 0 Å². The molecule has 2 aromatic carbocycles. The fourth-order valence-corrected chi connectivity index (χ4v) is 4.10. The Hall–Kier alpha value is -2.70. The Balaban J connectivity index is 1.54. The molecule has 1 aliphatic heterocycles. The van der Waals surface area contributed by atoms with E-state index in [4.69, 9.17) is 4.74 Å². The van der Waals surface area contributed by atoms with Crippen LogP contribution in [0.4, 0.5) is 5.69 Å². The number of hydrogen-bond donors (Lipinski definition) is 3. The van der Waals surface area contributed by atoms with Crippen LogP contribution in [-0.4, -0.2) is 51.0 Å². The summed E-state index contributed by atoms with van der Waals surface area (Å²) in [4.78, 5) is 27.1. The summed E-state index contributed by atoms with van der Waals surface area (Å²) in [6.07, 6.45) is 0. The van der Waals surface area contributed by atoms with Crippen molar-refractivity contribution < 1.29 is 24.1 Å². The zero-order valence-corrected chi connectivity index (χ0v) is 18.4. The third kappa shape index (κ3) is 5.46. The monoisotopic (exact) mass is 411 g/mol. The average molecular weight is 412 g/mol. The molecule has 0 spiro atoms. The van der Waals surface area contributed by atoms with E-state index >= 15 is 0 Å². The second kappa shape index (κ2) is 9.87. The van der Waals surface area contributed by atoms with E-state index in [0.29, 0.717) is 11.3 Å². The van der Waals surface area contributed by atoms with Crippen molar-refractivity contribution >= 4 is 17.4 Å². The normalized spacial score (nSPS) is 19.7. The maximum atomic E-state index is 12.7. The largest absolute Gasteiger partial charge is 0.496 e. The smallest absolute Gasteiger partial charge is 0.282 e. The van der Waals surface area contributed by atoms with E-state index in [-0.39, 0.29) is 17.7 Å². The van der Waals surface area contributed by atoms with Crippen molar-refractivity contribution in [3.63, 3.8) is 0 Å². The van der Waals surface area contributed by atoms with E-state index in [0.717, 1.165) is 38.5 Å². The van der Waals surface area contributed by atoms with Crippen molar-refractivity contribution in [1.82, 2.24) is 0 Å². The minimum atomic E-state index is -0.138. The molecule has 0 radical (unpaired) electrons. The molecule has 0 saturated carbocycles. The number of carbonyl (C=O) groups is 2. The first kappa shape index (κ1) is 22.0. The van der Waals surface area contributed by atoms with Gasteiger partial charge in [0.15, 0.2) is 11.8 Å². The third-order valence-electron chi connectivity index (χ3n) is 6.02. The molecule has 160 valence electrons. The summed E-state index contributed by atoms with van der Waals surface area (Å²) in [5.41, 5.74) is 3.77. The van der Waals surface area contributed by atoms with Crippen LogP contribution in [0.2, 0.25) is 0 Å². The minimum Gasteiger partial charge on any atom is -0.496 e. The van der Waals surface area contributed by atoms with E-state index in [9.17, 15) is 9.59 Å². The minimum absolute atomic E-state index is 0.00509. The molecule has 0 bridgehead atoms. The van der Waals surface area contributed by atoms with Crippen LogP contribution in [0.1, 0.15) is 35.3 Å². The molecule has 1 atom stereocenters. The van der Waals surface area contributed by atoms with E-state index in [2.05, 4.69) is 24.4 Å². The molecule has 1 aliphatic rings. The molecule has 1 saturated heterocycles. The number of quaternary nitrogens is 2. The second-order valence-electron chi connectivity index (χ2n) is 8.25. The van der Waals surface area contributed by atoms with E-state index in [1.807, 2.05) is 19.1 Å². The summed E-state index contributed by atoms with van der Waals surface area (Å²) in [6, 6.07) is 13.3. The Morgan fingerprint density at radius 3 is 2.50 bits per heavy atom. The Kier molecular flexibility index (Phi) is 7.24. The highest BCUT2D eigenvalue weighted by Gasteiger charge is 2.31. The number of carbonyl (C=O) groups excluding carboxylic acids is 2. The summed E-state index contributed by atoms with van der Waals surface area (Å²) in [5.74, 6) is 0.937. The average Bonchev–Trinajstić information content (AvgIpc) is 2.74. The highest BCUT2D eigenvalue weighted by molar-refractivity contribution is 5.97. The molecule has 0 unspecified atom stereocenters. The third-order valence-corrected chi connectivity index (χ3v) is 6.02. The second-order valence-corrected chi connectivity index (χ2v) is 8.25. The van der Waals surface area contributed by atoms with Crippen molar-refractivity contribution in [3.8, 4) is 5.75 Å². The molecule has 30 heavy (non-hydrogen) atoms.